The molecule has 178 valence electrons. The Morgan fingerprint density at radius 3 is 2.03 bits per heavy atom. The van der Waals surface area contributed by atoms with E-state index < -0.39 is 0 Å². The van der Waals surface area contributed by atoms with Gasteiger partial charge in [0.2, 0.25) is 11.9 Å². The zero-order valence-electron chi connectivity index (χ0n) is 19.4. The van der Waals surface area contributed by atoms with Crippen molar-refractivity contribution < 1.29 is 0 Å². The third kappa shape index (κ3) is 6.32. The quantitative estimate of drug-likeness (QED) is 0.327. The minimum absolute atomic E-state index is 0.715. The number of imidazole rings is 1. The van der Waals surface area contributed by atoms with Crippen LogP contribution >= 0.6 is 0 Å². The van der Waals surface area contributed by atoms with Crippen molar-refractivity contribution in [1.82, 2.24) is 30.9 Å². The second-order valence-electron chi connectivity index (χ2n) is 8.15. The first-order chi connectivity index (χ1) is 17.3. The largest absolute Gasteiger partial charge is 0.355 e. The van der Waals surface area contributed by atoms with Crippen molar-refractivity contribution in [3.05, 3.63) is 71.2 Å². The molecule has 4 N–H and O–H groups in total. The molecule has 0 atom stereocenters. The van der Waals surface area contributed by atoms with Crippen LogP contribution in [0.1, 0.15) is 35.2 Å². The molecule has 5 rings (SSSR count). The van der Waals surface area contributed by atoms with E-state index in [4.69, 9.17) is 0 Å². The molecule has 0 saturated carbocycles. The van der Waals surface area contributed by atoms with Crippen LogP contribution in [0, 0.1) is 0 Å². The summed E-state index contributed by atoms with van der Waals surface area (Å²) >= 11 is 0. The van der Waals surface area contributed by atoms with E-state index in [1.807, 2.05) is 53.2 Å². The van der Waals surface area contributed by atoms with Crippen LogP contribution in [-0.2, 0) is 0 Å². The number of hydrazone groups is 2. The first kappa shape index (κ1) is 22.3. The molecule has 3 aromatic rings. The van der Waals surface area contributed by atoms with Crippen molar-refractivity contribution in [1.29, 1.82) is 0 Å². The predicted molar refractivity (Wildman–Crippen MR) is 142 cm³/mol. The molecule has 2 aliphatic rings. The van der Waals surface area contributed by atoms with Crippen molar-refractivity contribution in [2.45, 2.75) is 12.8 Å². The molecule has 0 aliphatic carbocycles. The standard InChI is InChI=1S/C25H28N10/c1-11-26-24(27-12-1)33-30-15-20-5-3-19(4-6-20)7-9-22-18-35-17-21(8-10-23(35)32-22)16-31-34-25-28-13-2-14-29-25/h3-10,15-18H,1-2,11-14H2,(H2,26,27,33)(H2,28,29,34)/b9-7+,30-15+,31-16+. The maximum Gasteiger partial charge on any atom is 0.212 e. The van der Waals surface area contributed by atoms with Crippen molar-refractivity contribution in [3.63, 3.8) is 0 Å². The van der Waals surface area contributed by atoms with Crippen LogP contribution in [0.25, 0.3) is 17.8 Å². The van der Waals surface area contributed by atoms with Gasteiger partial charge in [0.1, 0.15) is 5.65 Å². The molecular formula is C25H28N10. The van der Waals surface area contributed by atoms with Gasteiger partial charge in [-0.2, -0.15) is 10.2 Å². The fourth-order valence-corrected chi connectivity index (χ4v) is 3.61. The van der Waals surface area contributed by atoms with Crippen LogP contribution in [0.2, 0.25) is 0 Å². The number of aliphatic imine (C=N–C) groups is 2. The summed E-state index contributed by atoms with van der Waals surface area (Å²) in [5, 5.41) is 14.9. The Balaban J connectivity index is 1.18. The van der Waals surface area contributed by atoms with Gasteiger partial charge in [0.25, 0.3) is 0 Å². The highest BCUT2D eigenvalue weighted by Crippen LogP contribution is 2.11. The lowest BCUT2D eigenvalue weighted by Crippen LogP contribution is -2.38. The average Bonchev–Trinajstić information content (AvgIpc) is 3.32. The number of hydrogen-bond acceptors (Lipinski definition) is 9. The number of hydrogen-bond donors (Lipinski definition) is 4. The summed E-state index contributed by atoms with van der Waals surface area (Å²) < 4.78 is 2.00. The average molecular weight is 469 g/mol. The number of guanidine groups is 2. The number of pyridine rings is 1. The molecule has 1 aromatic carbocycles. The fraction of sp³-hybridized carbons (Fsp3) is 0.240. The number of aromatic nitrogens is 2. The smallest absolute Gasteiger partial charge is 0.212 e. The van der Waals surface area contributed by atoms with E-state index in [1.165, 1.54) is 0 Å². The number of fused-ring (bicyclic) bond motifs is 1. The molecule has 0 fully saturated rings. The van der Waals surface area contributed by atoms with Crippen molar-refractivity contribution in [2.75, 3.05) is 26.2 Å². The SMILES string of the molecule is C(=C\c1cn2cc(/C=N/NC3=NCCCN3)ccc2n1)/c1ccc(/C=N/NC2=NCCCN2)cc1. The third-order valence-corrected chi connectivity index (χ3v) is 5.44. The highest BCUT2D eigenvalue weighted by molar-refractivity contribution is 5.85. The lowest BCUT2D eigenvalue weighted by Gasteiger charge is -2.12. The molecule has 0 radical (unpaired) electrons. The van der Waals surface area contributed by atoms with Gasteiger partial charge in [-0.3, -0.25) is 9.98 Å². The molecule has 10 heteroatoms. The molecule has 0 unspecified atom stereocenters. The lowest BCUT2D eigenvalue weighted by atomic mass is 10.1. The minimum atomic E-state index is 0.715. The van der Waals surface area contributed by atoms with Gasteiger partial charge < -0.3 is 15.0 Å². The van der Waals surface area contributed by atoms with Crippen LogP contribution in [0.3, 0.4) is 0 Å². The monoisotopic (exact) mass is 468 g/mol. The molecule has 2 aliphatic heterocycles. The maximum absolute atomic E-state index is 4.67. The Morgan fingerprint density at radius 1 is 0.743 bits per heavy atom. The van der Waals surface area contributed by atoms with Gasteiger partial charge in [0.05, 0.1) is 18.1 Å². The lowest BCUT2D eigenvalue weighted by molar-refractivity contribution is 0.712. The Morgan fingerprint density at radius 2 is 1.37 bits per heavy atom. The van der Waals surface area contributed by atoms with E-state index in [-0.39, 0.29) is 0 Å². The number of nitrogens with one attached hydrogen (secondary N) is 4. The topological polar surface area (TPSA) is 115 Å². The van der Waals surface area contributed by atoms with Gasteiger partial charge in [-0.1, -0.05) is 30.3 Å². The molecule has 2 aromatic heterocycles. The third-order valence-electron chi connectivity index (χ3n) is 5.44. The Labute approximate surface area is 203 Å². The van der Waals surface area contributed by atoms with E-state index in [0.29, 0.717) is 5.96 Å². The number of rotatable bonds is 6. The summed E-state index contributed by atoms with van der Waals surface area (Å²) in [6.45, 7) is 3.50. The van der Waals surface area contributed by atoms with Crippen molar-refractivity contribution in [3.8, 4) is 0 Å². The summed E-state index contributed by atoms with van der Waals surface area (Å²) in [6, 6.07) is 12.1. The molecule has 4 heterocycles. The summed E-state index contributed by atoms with van der Waals surface area (Å²) in [7, 11) is 0. The summed E-state index contributed by atoms with van der Waals surface area (Å²) in [5.41, 5.74) is 10.7. The van der Waals surface area contributed by atoms with E-state index in [1.54, 1.807) is 12.4 Å². The highest BCUT2D eigenvalue weighted by Gasteiger charge is 2.03. The summed E-state index contributed by atoms with van der Waals surface area (Å²) in [5.74, 6) is 1.44. The molecule has 35 heavy (non-hydrogen) atoms. The van der Waals surface area contributed by atoms with E-state index in [9.17, 15) is 0 Å². The van der Waals surface area contributed by atoms with Gasteiger partial charge in [-0.15, -0.1) is 0 Å². The predicted octanol–water partition coefficient (Wildman–Crippen LogP) is 2.05. The van der Waals surface area contributed by atoms with Gasteiger partial charge in [0, 0.05) is 44.1 Å². The summed E-state index contributed by atoms with van der Waals surface area (Å²) in [4.78, 5) is 13.3. The second kappa shape index (κ2) is 11.1. The highest BCUT2D eigenvalue weighted by atomic mass is 15.4. The Kier molecular flexibility index (Phi) is 7.08. The molecule has 0 saturated heterocycles. The Bertz CT molecular complexity index is 1300. The first-order valence-electron chi connectivity index (χ1n) is 11.7. The molecule has 10 nitrogen and oxygen atoms in total. The van der Waals surface area contributed by atoms with Gasteiger partial charge in [-0.25, -0.2) is 15.8 Å². The fourth-order valence-electron chi connectivity index (χ4n) is 3.61. The van der Waals surface area contributed by atoms with Crippen molar-refractivity contribution in [2.24, 2.45) is 20.2 Å². The van der Waals surface area contributed by atoms with Crippen LogP contribution in [0.5, 0.6) is 0 Å². The molecule has 0 amide bonds. The maximum atomic E-state index is 4.67. The number of nitrogens with zero attached hydrogens (tertiary/aromatic N) is 6. The zero-order chi connectivity index (χ0) is 23.7. The minimum Gasteiger partial charge on any atom is -0.355 e. The van der Waals surface area contributed by atoms with Crippen molar-refractivity contribution >= 4 is 42.1 Å². The second-order valence-corrected chi connectivity index (χ2v) is 8.15. The van der Waals surface area contributed by atoms with E-state index in [2.05, 4.69) is 58.8 Å². The van der Waals surface area contributed by atoms with Crippen LogP contribution in [0.15, 0.2) is 69.0 Å². The normalized spacial score (nSPS) is 16.3. The van der Waals surface area contributed by atoms with Gasteiger partial charge >= 0.3 is 0 Å². The van der Waals surface area contributed by atoms with Crippen LogP contribution in [0.4, 0.5) is 0 Å². The van der Waals surface area contributed by atoms with E-state index in [0.717, 1.165) is 73.0 Å². The zero-order valence-corrected chi connectivity index (χ0v) is 19.4. The molecular weight excluding hydrogens is 440 g/mol. The van der Waals surface area contributed by atoms with E-state index >= 15 is 0 Å². The first-order valence-corrected chi connectivity index (χ1v) is 11.7. The van der Waals surface area contributed by atoms with Crippen LogP contribution < -0.4 is 21.5 Å². The van der Waals surface area contributed by atoms with Gasteiger partial charge in [0.15, 0.2) is 0 Å². The molecule has 0 spiro atoms. The Hall–Kier alpha value is -4.47. The number of benzene rings is 1. The van der Waals surface area contributed by atoms with Crippen LogP contribution in [-0.4, -0.2) is 59.9 Å². The summed E-state index contributed by atoms with van der Waals surface area (Å²) in [6.07, 6.45) is 13.7. The molecule has 0 bridgehead atoms. The van der Waals surface area contributed by atoms with Gasteiger partial charge in [-0.05, 0) is 42.2 Å².